The van der Waals surface area contributed by atoms with Crippen molar-refractivity contribution < 1.29 is 14.2 Å². The summed E-state index contributed by atoms with van der Waals surface area (Å²) in [6.45, 7) is 3.16. The minimum absolute atomic E-state index is 0.0849. The maximum absolute atomic E-state index is 13.6. The van der Waals surface area contributed by atoms with E-state index in [4.69, 9.17) is 4.74 Å². The number of alkyl halides is 1. The second-order valence-corrected chi connectivity index (χ2v) is 5.95. The molecule has 1 aliphatic rings. The van der Waals surface area contributed by atoms with Gasteiger partial charge in [0.25, 0.3) is 0 Å². The van der Waals surface area contributed by atoms with Crippen LogP contribution in [-0.2, 0) is 6.61 Å². The van der Waals surface area contributed by atoms with Crippen LogP contribution in [0.4, 0.5) is 4.39 Å². The Kier molecular flexibility index (Phi) is 5.67. The van der Waals surface area contributed by atoms with E-state index in [1.807, 2.05) is 30.3 Å². The minimum atomic E-state index is -0.516. The average molecular weight is 330 g/mol. The zero-order chi connectivity index (χ0) is 16.8. The summed E-state index contributed by atoms with van der Waals surface area (Å²) in [6.07, 6.45) is 0. The highest BCUT2D eigenvalue weighted by atomic mass is 19.1. The van der Waals surface area contributed by atoms with Crippen LogP contribution in [0, 0.1) is 0 Å². The molecule has 0 spiro atoms. The van der Waals surface area contributed by atoms with Crippen molar-refractivity contribution in [3.8, 4) is 11.5 Å². The molecule has 1 aliphatic heterocycles. The van der Waals surface area contributed by atoms with E-state index in [0.29, 0.717) is 17.9 Å². The minimum Gasteiger partial charge on any atom is -0.507 e. The first kappa shape index (κ1) is 16.7. The van der Waals surface area contributed by atoms with Crippen molar-refractivity contribution in [1.29, 1.82) is 0 Å². The van der Waals surface area contributed by atoms with Gasteiger partial charge in [-0.1, -0.05) is 30.3 Å². The molecular formula is C19H23FN2O2. The Morgan fingerprint density at radius 2 is 1.88 bits per heavy atom. The van der Waals surface area contributed by atoms with Crippen LogP contribution in [0.25, 0.3) is 0 Å². The summed E-state index contributed by atoms with van der Waals surface area (Å²) in [4.78, 5) is 2.07. The smallest absolute Gasteiger partial charge is 0.124 e. The molecule has 3 rings (SSSR count). The second kappa shape index (κ2) is 8.13. The lowest BCUT2D eigenvalue weighted by Crippen LogP contribution is -2.45. The van der Waals surface area contributed by atoms with E-state index in [-0.39, 0.29) is 5.75 Å². The molecule has 128 valence electrons. The molecule has 0 saturated carbocycles. The molecule has 0 radical (unpaired) electrons. The van der Waals surface area contributed by atoms with Crippen LogP contribution >= 0.6 is 0 Å². The molecular weight excluding hydrogens is 307 g/mol. The fraction of sp³-hybridized carbons (Fsp3) is 0.368. The third-order valence-corrected chi connectivity index (χ3v) is 4.35. The fourth-order valence-corrected chi connectivity index (χ4v) is 3.01. The zero-order valence-corrected chi connectivity index (χ0v) is 13.6. The summed E-state index contributed by atoms with van der Waals surface area (Å²) in [5.41, 5.74) is 1.68. The van der Waals surface area contributed by atoms with Crippen LogP contribution < -0.4 is 10.1 Å². The number of hydrogen-bond acceptors (Lipinski definition) is 4. The topological polar surface area (TPSA) is 44.7 Å². The quantitative estimate of drug-likeness (QED) is 0.855. The highest BCUT2D eigenvalue weighted by Crippen LogP contribution is 2.32. The lowest BCUT2D eigenvalue weighted by Gasteiger charge is -2.33. The van der Waals surface area contributed by atoms with Crippen LogP contribution in [-0.4, -0.2) is 42.9 Å². The van der Waals surface area contributed by atoms with Gasteiger partial charge < -0.3 is 15.2 Å². The molecule has 0 amide bonds. The van der Waals surface area contributed by atoms with Crippen LogP contribution in [0.2, 0.25) is 0 Å². The number of phenolic OH excluding ortho intramolecular Hbond substituents is 1. The molecule has 2 aromatic rings. The number of nitrogens with zero attached hydrogens (tertiary/aromatic N) is 1. The Balaban J connectivity index is 1.69. The van der Waals surface area contributed by atoms with Crippen molar-refractivity contribution in [2.75, 3.05) is 32.9 Å². The van der Waals surface area contributed by atoms with Gasteiger partial charge in [-0.05, 0) is 17.7 Å². The van der Waals surface area contributed by atoms with Gasteiger partial charge in [-0.25, -0.2) is 4.39 Å². The fourth-order valence-electron chi connectivity index (χ4n) is 3.01. The first-order valence-corrected chi connectivity index (χ1v) is 8.28. The molecule has 1 atom stereocenters. The third kappa shape index (κ3) is 4.04. The molecule has 1 fully saturated rings. The Labute approximate surface area is 141 Å². The normalized spacial score (nSPS) is 16.7. The lowest BCUT2D eigenvalue weighted by molar-refractivity contribution is 0.145. The number of aromatic hydroxyl groups is 1. The summed E-state index contributed by atoms with van der Waals surface area (Å²) in [5.74, 6) is 0.666. The molecule has 0 bridgehead atoms. The summed E-state index contributed by atoms with van der Waals surface area (Å²) < 4.78 is 19.3. The maximum atomic E-state index is 13.6. The lowest BCUT2D eigenvalue weighted by atomic mass is 10.0. The number of rotatable bonds is 6. The molecule has 0 aromatic heterocycles. The van der Waals surface area contributed by atoms with Gasteiger partial charge >= 0.3 is 0 Å². The van der Waals surface area contributed by atoms with Crippen molar-refractivity contribution in [1.82, 2.24) is 10.2 Å². The Morgan fingerprint density at radius 3 is 2.54 bits per heavy atom. The first-order valence-electron chi connectivity index (χ1n) is 8.28. The number of benzene rings is 2. The Bertz CT molecular complexity index is 645. The predicted octanol–water partition coefficient (Wildman–Crippen LogP) is 2.89. The van der Waals surface area contributed by atoms with Crippen LogP contribution in [0.15, 0.2) is 48.5 Å². The molecule has 5 heteroatoms. The van der Waals surface area contributed by atoms with Crippen LogP contribution in [0.5, 0.6) is 11.5 Å². The maximum Gasteiger partial charge on any atom is 0.124 e. The SMILES string of the molecule is Oc1cc(OCc2ccccc2)ccc1[C@@H](CF)N1CCNCC1. The predicted molar refractivity (Wildman–Crippen MR) is 92.0 cm³/mol. The second-order valence-electron chi connectivity index (χ2n) is 5.95. The number of halogens is 1. The summed E-state index contributed by atoms with van der Waals surface area (Å²) in [7, 11) is 0. The van der Waals surface area contributed by atoms with E-state index in [0.717, 1.165) is 31.7 Å². The third-order valence-electron chi connectivity index (χ3n) is 4.35. The monoisotopic (exact) mass is 330 g/mol. The number of phenols is 1. The standard InChI is InChI=1S/C19H23FN2O2/c20-13-18(22-10-8-21-9-11-22)17-7-6-16(12-19(17)23)24-14-15-4-2-1-3-5-15/h1-7,12,18,21,23H,8-11,13-14H2/t18-/m1/s1. The summed E-state index contributed by atoms with van der Waals surface area (Å²) in [5, 5.41) is 13.6. The van der Waals surface area contributed by atoms with E-state index in [1.165, 1.54) is 0 Å². The van der Waals surface area contributed by atoms with Gasteiger partial charge in [0, 0.05) is 37.8 Å². The van der Waals surface area contributed by atoms with E-state index in [2.05, 4.69) is 10.2 Å². The molecule has 1 heterocycles. The van der Waals surface area contributed by atoms with Gasteiger partial charge in [0.1, 0.15) is 24.8 Å². The number of piperazine rings is 1. The van der Waals surface area contributed by atoms with Crippen molar-refractivity contribution in [2.24, 2.45) is 0 Å². The van der Waals surface area contributed by atoms with Crippen molar-refractivity contribution >= 4 is 0 Å². The highest BCUT2D eigenvalue weighted by Gasteiger charge is 2.24. The molecule has 0 aliphatic carbocycles. The van der Waals surface area contributed by atoms with Crippen molar-refractivity contribution in [2.45, 2.75) is 12.6 Å². The Morgan fingerprint density at radius 1 is 1.12 bits per heavy atom. The summed E-state index contributed by atoms with van der Waals surface area (Å²) >= 11 is 0. The van der Waals surface area contributed by atoms with Gasteiger partial charge in [-0.2, -0.15) is 0 Å². The average Bonchev–Trinajstić information content (AvgIpc) is 2.64. The first-order chi connectivity index (χ1) is 11.8. The number of ether oxygens (including phenoxy) is 1. The largest absolute Gasteiger partial charge is 0.507 e. The van der Waals surface area contributed by atoms with E-state index >= 15 is 0 Å². The van der Waals surface area contributed by atoms with E-state index in [1.54, 1.807) is 18.2 Å². The van der Waals surface area contributed by atoms with Crippen molar-refractivity contribution in [3.63, 3.8) is 0 Å². The molecule has 4 nitrogen and oxygen atoms in total. The van der Waals surface area contributed by atoms with E-state index in [9.17, 15) is 9.50 Å². The molecule has 24 heavy (non-hydrogen) atoms. The Hall–Kier alpha value is -2.11. The summed E-state index contributed by atoms with van der Waals surface area (Å²) in [6, 6.07) is 14.6. The molecule has 2 N–H and O–H groups in total. The zero-order valence-electron chi connectivity index (χ0n) is 13.6. The molecule has 1 saturated heterocycles. The van der Waals surface area contributed by atoms with Gasteiger partial charge in [0.15, 0.2) is 0 Å². The van der Waals surface area contributed by atoms with Gasteiger partial charge in [-0.15, -0.1) is 0 Å². The number of hydrogen-bond donors (Lipinski definition) is 2. The van der Waals surface area contributed by atoms with Crippen LogP contribution in [0.1, 0.15) is 17.2 Å². The van der Waals surface area contributed by atoms with Gasteiger partial charge in [0.2, 0.25) is 0 Å². The molecule has 0 unspecified atom stereocenters. The van der Waals surface area contributed by atoms with Crippen molar-refractivity contribution in [3.05, 3.63) is 59.7 Å². The number of nitrogens with one attached hydrogen (secondary N) is 1. The van der Waals surface area contributed by atoms with Gasteiger partial charge in [-0.3, -0.25) is 4.90 Å². The van der Waals surface area contributed by atoms with Gasteiger partial charge in [0.05, 0.1) is 6.04 Å². The van der Waals surface area contributed by atoms with E-state index < -0.39 is 12.7 Å². The molecule has 2 aromatic carbocycles. The van der Waals surface area contributed by atoms with Crippen LogP contribution in [0.3, 0.4) is 0 Å². The highest BCUT2D eigenvalue weighted by molar-refractivity contribution is 5.41.